The Morgan fingerprint density at radius 3 is 3.00 bits per heavy atom. The minimum Gasteiger partial charge on any atom is -0.348 e. The molecule has 2 aromatic rings. The lowest BCUT2D eigenvalue weighted by Crippen LogP contribution is -2.30. The van der Waals surface area contributed by atoms with Crippen LogP contribution in [0.4, 0.5) is 0 Å². The molecule has 0 radical (unpaired) electrons. The summed E-state index contributed by atoms with van der Waals surface area (Å²) in [5, 5.41) is 10.5. The number of carbonyl (C=O) groups excluding carboxylic acids is 1. The number of aromatic nitrogens is 3. The van der Waals surface area contributed by atoms with Crippen molar-refractivity contribution in [3.8, 4) is 0 Å². The summed E-state index contributed by atoms with van der Waals surface area (Å²) in [5.74, 6) is 0.0795. The minimum absolute atomic E-state index is 0.0795. The molecule has 0 bridgehead atoms. The molecule has 1 amide bonds. The lowest BCUT2D eigenvalue weighted by atomic mass is 10.3. The maximum Gasteiger partial charge on any atom is 0.228 e. The van der Waals surface area contributed by atoms with E-state index in [1.54, 1.807) is 25.2 Å². The van der Waals surface area contributed by atoms with Gasteiger partial charge in [-0.3, -0.25) is 9.48 Å². The number of hydrogen-bond acceptors (Lipinski definition) is 5. The van der Waals surface area contributed by atoms with Gasteiger partial charge >= 0.3 is 0 Å². The van der Waals surface area contributed by atoms with Crippen LogP contribution in [-0.2, 0) is 24.3 Å². The molecule has 0 aliphatic rings. The van der Waals surface area contributed by atoms with Crippen molar-refractivity contribution in [1.82, 2.24) is 25.0 Å². The van der Waals surface area contributed by atoms with Crippen molar-refractivity contribution in [2.45, 2.75) is 32.5 Å². The van der Waals surface area contributed by atoms with Gasteiger partial charge in [0.2, 0.25) is 5.91 Å². The highest BCUT2D eigenvalue weighted by Gasteiger charge is 2.10. The largest absolute Gasteiger partial charge is 0.348 e. The van der Waals surface area contributed by atoms with E-state index < -0.39 is 0 Å². The molecule has 0 aromatic carbocycles. The first kappa shape index (κ1) is 15.7. The zero-order chi connectivity index (χ0) is 15.2. The predicted molar refractivity (Wildman–Crippen MR) is 83.0 cm³/mol. The smallest absolute Gasteiger partial charge is 0.228 e. The van der Waals surface area contributed by atoms with Crippen molar-refractivity contribution < 1.29 is 4.79 Å². The first-order chi connectivity index (χ1) is 10.0. The third-order valence-corrected chi connectivity index (χ3v) is 3.95. The van der Waals surface area contributed by atoms with E-state index in [1.807, 2.05) is 22.3 Å². The Morgan fingerprint density at radius 1 is 1.52 bits per heavy atom. The summed E-state index contributed by atoms with van der Waals surface area (Å²) in [6.07, 6.45) is 4.10. The molecular weight excluding hydrogens is 286 g/mol. The zero-order valence-corrected chi connectivity index (χ0v) is 13.4. The van der Waals surface area contributed by atoms with E-state index in [0.717, 1.165) is 17.2 Å². The molecule has 1 atom stereocenters. The summed E-state index contributed by atoms with van der Waals surface area (Å²) < 4.78 is 1.90. The van der Waals surface area contributed by atoms with E-state index in [1.165, 1.54) is 11.3 Å². The van der Waals surface area contributed by atoms with E-state index in [0.29, 0.717) is 19.0 Å². The summed E-state index contributed by atoms with van der Waals surface area (Å²) in [6, 6.07) is 2.22. The van der Waals surface area contributed by atoms with Crippen LogP contribution in [0, 0.1) is 0 Å². The van der Waals surface area contributed by atoms with Gasteiger partial charge in [-0.15, -0.1) is 11.3 Å². The van der Waals surface area contributed by atoms with Crippen molar-refractivity contribution in [3.63, 3.8) is 0 Å². The SMILES string of the molecule is CC(Cn1cccn1)NCc1csc(CC(=O)N(C)C)n1. The van der Waals surface area contributed by atoms with Gasteiger partial charge in [0, 0.05) is 44.5 Å². The molecule has 114 valence electrons. The number of rotatable bonds is 7. The van der Waals surface area contributed by atoms with Gasteiger partial charge in [-0.1, -0.05) is 0 Å². The van der Waals surface area contributed by atoms with Crippen LogP contribution >= 0.6 is 11.3 Å². The molecule has 1 unspecified atom stereocenters. The Labute approximate surface area is 128 Å². The van der Waals surface area contributed by atoms with Gasteiger partial charge in [0.05, 0.1) is 18.7 Å². The van der Waals surface area contributed by atoms with Crippen LogP contribution in [0.5, 0.6) is 0 Å². The molecule has 0 aliphatic heterocycles. The van der Waals surface area contributed by atoms with E-state index in [9.17, 15) is 4.79 Å². The molecule has 0 spiro atoms. The molecule has 0 saturated heterocycles. The van der Waals surface area contributed by atoms with Gasteiger partial charge in [-0.05, 0) is 13.0 Å². The Morgan fingerprint density at radius 2 is 2.33 bits per heavy atom. The normalized spacial score (nSPS) is 12.3. The number of nitrogens with zero attached hydrogens (tertiary/aromatic N) is 4. The van der Waals surface area contributed by atoms with Crippen molar-refractivity contribution >= 4 is 17.2 Å². The average Bonchev–Trinajstić information content (AvgIpc) is 3.08. The van der Waals surface area contributed by atoms with E-state index in [-0.39, 0.29) is 5.91 Å². The van der Waals surface area contributed by atoms with Crippen LogP contribution in [-0.4, -0.2) is 45.7 Å². The summed E-state index contributed by atoms with van der Waals surface area (Å²) in [5.41, 5.74) is 0.980. The maximum absolute atomic E-state index is 11.6. The van der Waals surface area contributed by atoms with Gasteiger partial charge in [0.25, 0.3) is 0 Å². The highest BCUT2D eigenvalue weighted by atomic mass is 32.1. The minimum atomic E-state index is 0.0795. The first-order valence-corrected chi connectivity index (χ1v) is 7.77. The van der Waals surface area contributed by atoms with Crippen LogP contribution < -0.4 is 5.32 Å². The second-order valence-corrected chi connectivity index (χ2v) is 6.15. The fourth-order valence-corrected chi connectivity index (χ4v) is 2.62. The van der Waals surface area contributed by atoms with Gasteiger partial charge in [-0.2, -0.15) is 5.10 Å². The standard InChI is InChI=1S/C14H21N5OS/c1-11(9-19-6-4-5-16-19)15-8-12-10-21-13(17-12)7-14(20)18(2)3/h4-6,10-11,15H,7-9H2,1-3H3. The Balaban J connectivity index is 1.78. The molecule has 6 nitrogen and oxygen atoms in total. The number of thiazole rings is 1. The molecule has 0 saturated carbocycles. The maximum atomic E-state index is 11.6. The zero-order valence-electron chi connectivity index (χ0n) is 12.6. The number of amides is 1. The Kier molecular flexibility index (Phi) is 5.46. The third-order valence-electron chi connectivity index (χ3n) is 3.05. The lowest BCUT2D eigenvalue weighted by molar-refractivity contribution is -0.127. The van der Waals surface area contributed by atoms with E-state index in [4.69, 9.17) is 0 Å². The topological polar surface area (TPSA) is 63.1 Å². The lowest BCUT2D eigenvalue weighted by Gasteiger charge is -2.12. The Bertz CT molecular complexity index is 564. The number of nitrogens with one attached hydrogen (secondary N) is 1. The van der Waals surface area contributed by atoms with Crippen molar-refractivity contribution in [2.24, 2.45) is 0 Å². The molecule has 21 heavy (non-hydrogen) atoms. The number of carbonyl (C=O) groups is 1. The second kappa shape index (κ2) is 7.33. The molecule has 0 aliphatic carbocycles. The fraction of sp³-hybridized carbons (Fsp3) is 0.500. The summed E-state index contributed by atoms with van der Waals surface area (Å²) in [7, 11) is 3.52. The van der Waals surface area contributed by atoms with Crippen LogP contribution in [0.15, 0.2) is 23.8 Å². The molecule has 2 rings (SSSR count). The van der Waals surface area contributed by atoms with Crippen LogP contribution in [0.25, 0.3) is 0 Å². The predicted octanol–water partition coefficient (Wildman–Crippen LogP) is 1.15. The Hall–Kier alpha value is -1.73. The molecule has 1 N–H and O–H groups in total. The van der Waals surface area contributed by atoms with Crippen molar-refractivity contribution in [3.05, 3.63) is 34.5 Å². The third kappa shape index (κ3) is 4.95. The molecule has 2 heterocycles. The molecule has 2 aromatic heterocycles. The highest BCUT2D eigenvalue weighted by Crippen LogP contribution is 2.11. The summed E-state index contributed by atoms with van der Waals surface area (Å²) in [4.78, 5) is 17.7. The quantitative estimate of drug-likeness (QED) is 0.833. The van der Waals surface area contributed by atoms with Gasteiger partial charge < -0.3 is 10.2 Å². The van der Waals surface area contributed by atoms with Gasteiger partial charge in [0.1, 0.15) is 5.01 Å². The fourth-order valence-electron chi connectivity index (χ4n) is 1.83. The first-order valence-electron chi connectivity index (χ1n) is 6.89. The highest BCUT2D eigenvalue weighted by molar-refractivity contribution is 7.09. The van der Waals surface area contributed by atoms with Crippen LogP contribution in [0.1, 0.15) is 17.6 Å². The second-order valence-electron chi connectivity index (χ2n) is 5.21. The number of hydrogen-bond donors (Lipinski definition) is 1. The van der Waals surface area contributed by atoms with E-state index in [2.05, 4.69) is 22.3 Å². The van der Waals surface area contributed by atoms with E-state index >= 15 is 0 Å². The molecule has 0 fully saturated rings. The van der Waals surface area contributed by atoms with Gasteiger partial charge in [0.15, 0.2) is 0 Å². The monoisotopic (exact) mass is 307 g/mol. The van der Waals surface area contributed by atoms with Crippen LogP contribution in [0.3, 0.4) is 0 Å². The van der Waals surface area contributed by atoms with Crippen molar-refractivity contribution in [1.29, 1.82) is 0 Å². The van der Waals surface area contributed by atoms with Crippen LogP contribution in [0.2, 0.25) is 0 Å². The average molecular weight is 307 g/mol. The summed E-state index contributed by atoms with van der Waals surface area (Å²) >= 11 is 1.54. The number of likely N-dealkylation sites (N-methyl/N-ethyl adjacent to an activating group) is 1. The molecule has 7 heteroatoms. The van der Waals surface area contributed by atoms with Gasteiger partial charge in [-0.25, -0.2) is 4.98 Å². The van der Waals surface area contributed by atoms with Crippen molar-refractivity contribution in [2.75, 3.05) is 14.1 Å². The summed E-state index contributed by atoms with van der Waals surface area (Å²) in [6.45, 7) is 3.64. The molecular formula is C14H21N5OS.